The lowest BCUT2D eigenvalue weighted by Gasteiger charge is -2.34. The van der Waals surface area contributed by atoms with Crippen molar-refractivity contribution in [1.82, 2.24) is 9.21 Å². The summed E-state index contributed by atoms with van der Waals surface area (Å²) in [6, 6.07) is 3.45. The molecule has 1 aliphatic heterocycles. The van der Waals surface area contributed by atoms with Crippen LogP contribution in [0.5, 0.6) is 0 Å². The first-order valence-corrected chi connectivity index (χ1v) is 10.4. The topological polar surface area (TPSA) is 57.7 Å². The van der Waals surface area contributed by atoms with Crippen LogP contribution in [0.2, 0.25) is 0 Å². The fraction of sp³-hybridized carbons (Fsp3) is 0.533. The molecule has 0 radical (unpaired) electrons. The zero-order valence-corrected chi connectivity index (χ0v) is 15.3. The Morgan fingerprint density at radius 2 is 1.68 bits per heavy atom. The molecule has 0 saturated carbocycles. The highest BCUT2D eigenvalue weighted by atomic mass is 32.2. The SMILES string of the molecule is CSCCC(=O)N1CCN(S(=O)(=O)c2ccc(C(F)(F)F)cc2)CC1. The third-order valence-electron chi connectivity index (χ3n) is 3.93. The smallest absolute Gasteiger partial charge is 0.340 e. The molecule has 0 spiro atoms. The van der Waals surface area contributed by atoms with Crippen LogP contribution in [0.25, 0.3) is 0 Å². The number of rotatable bonds is 5. The number of benzene rings is 1. The van der Waals surface area contributed by atoms with Gasteiger partial charge in [0.2, 0.25) is 15.9 Å². The third-order valence-corrected chi connectivity index (χ3v) is 6.46. The molecule has 0 aliphatic carbocycles. The van der Waals surface area contributed by atoms with Gasteiger partial charge in [-0.05, 0) is 30.5 Å². The van der Waals surface area contributed by atoms with Gasteiger partial charge in [0, 0.05) is 38.4 Å². The summed E-state index contributed by atoms with van der Waals surface area (Å²) < 4.78 is 64.0. The van der Waals surface area contributed by atoms with Crippen molar-refractivity contribution in [2.24, 2.45) is 0 Å². The maximum atomic E-state index is 12.6. The molecule has 1 aromatic rings. The Morgan fingerprint density at radius 3 is 2.16 bits per heavy atom. The Morgan fingerprint density at radius 1 is 1.12 bits per heavy atom. The molecular formula is C15H19F3N2O3S2. The fourth-order valence-corrected chi connectivity index (χ4v) is 4.29. The summed E-state index contributed by atoms with van der Waals surface area (Å²) in [4.78, 5) is 13.4. The lowest BCUT2D eigenvalue weighted by molar-refractivity contribution is -0.137. The predicted octanol–water partition coefficient (Wildman–Crippen LogP) is 2.29. The predicted molar refractivity (Wildman–Crippen MR) is 89.8 cm³/mol. The van der Waals surface area contributed by atoms with Gasteiger partial charge in [-0.1, -0.05) is 0 Å². The van der Waals surface area contributed by atoms with Crippen molar-refractivity contribution in [3.8, 4) is 0 Å². The minimum absolute atomic E-state index is 0.0130. The van der Waals surface area contributed by atoms with Crippen molar-refractivity contribution in [2.45, 2.75) is 17.5 Å². The fourth-order valence-electron chi connectivity index (χ4n) is 2.49. The molecular weight excluding hydrogens is 377 g/mol. The van der Waals surface area contributed by atoms with E-state index in [1.54, 1.807) is 16.7 Å². The van der Waals surface area contributed by atoms with E-state index in [1.165, 1.54) is 4.31 Å². The zero-order chi connectivity index (χ0) is 18.7. The van der Waals surface area contributed by atoms with Gasteiger partial charge in [-0.3, -0.25) is 4.79 Å². The number of piperazine rings is 1. The molecule has 1 fully saturated rings. The molecule has 0 aromatic heterocycles. The Labute approximate surface area is 149 Å². The second-order valence-corrected chi connectivity index (χ2v) is 8.47. The number of carbonyl (C=O) groups excluding carboxylic acids is 1. The summed E-state index contributed by atoms with van der Waals surface area (Å²) in [5.41, 5.74) is -0.893. The molecule has 1 amide bonds. The Kier molecular flexibility index (Phi) is 6.39. The summed E-state index contributed by atoms with van der Waals surface area (Å²) in [5, 5.41) is 0. The van der Waals surface area contributed by atoms with Crippen LogP contribution in [0.1, 0.15) is 12.0 Å². The van der Waals surface area contributed by atoms with Crippen molar-refractivity contribution < 1.29 is 26.4 Å². The number of thioether (sulfide) groups is 1. The molecule has 1 heterocycles. The highest BCUT2D eigenvalue weighted by Crippen LogP contribution is 2.30. The Bertz CT molecular complexity index is 698. The number of hydrogen-bond acceptors (Lipinski definition) is 4. The standard InChI is InChI=1S/C15H19F3N2O3S2/c1-24-11-6-14(21)19-7-9-20(10-8-19)25(22,23)13-4-2-12(3-5-13)15(16,17)18/h2-5H,6-11H2,1H3. The van der Waals surface area contributed by atoms with Gasteiger partial charge < -0.3 is 4.90 Å². The van der Waals surface area contributed by atoms with Crippen molar-refractivity contribution in [1.29, 1.82) is 0 Å². The quantitative estimate of drug-likeness (QED) is 0.766. The largest absolute Gasteiger partial charge is 0.416 e. The van der Waals surface area contributed by atoms with Crippen LogP contribution in [0, 0.1) is 0 Å². The number of carbonyl (C=O) groups is 1. The molecule has 2 rings (SSSR count). The number of sulfonamides is 1. The molecule has 0 bridgehead atoms. The van der Waals surface area contributed by atoms with Crippen molar-refractivity contribution >= 4 is 27.7 Å². The first-order valence-electron chi connectivity index (χ1n) is 7.60. The Balaban J connectivity index is 2.03. The van der Waals surface area contributed by atoms with E-state index in [2.05, 4.69) is 0 Å². The minimum atomic E-state index is -4.51. The van der Waals surface area contributed by atoms with Crippen LogP contribution >= 0.6 is 11.8 Å². The van der Waals surface area contributed by atoms with Gasteiger partial charge in [-0.15, -0.1) is 0 Å². The maximum Gasteiger partial charge on any atom is 0.416 e. The monoisotopic (exact) mass is 396 g/mol. The van der Waals surface area contributed by atoms with E-state index in [0.29, 0.717) is 12.2 Å². The van der Waals surface area contributed by atoms with Crippen LogP contribution < -0.4 is 0 Å². The van der Waals surface area contributed by atoms with Crippen LogP contribution in [-0.4, -0.2) is 61.7 Å². The molecule has 140 valence electrons. The second-order valence-electron chi connectivity index (χ2n) is 5.55. The summed E-state index contributed by atoms with van der Waals surface area (Å²) in [6.45, 7) is 0.836. The molecule has 10 heteroatoms. The Hall–Kier alpha value is -1.26. The van der Waals surface area contributed by atoms with Gasteiger partial charge in [-0.25, -0.2) is 8.42 Å². The summed E-state index contributed by atoms with van der Waals surface area (Å²) in [7, 11) is -3.87. The number of halogens is 3. The van der Waals surface area contributed by atoms with Gasteiger partial charge in [0.25, 0.3) is 0 Å². The highest BCUT2D eigenvalue weighted by Gasteiger charge is 2.33. The van der Waals surface area contributed by atoms with E-state index >= 15 is 0 Å². The van der Waals surface area contributed by atoms with Crippen molar-refractivity contribution in [3.63, 3.8) is 0 Å². The summed E-state index contributed by atoms with van der Waals surface area (Å²) in [6.07, 6.45) is -2.19. The number of amides is 1. The third kappa shape index (κ3) is 4.89. The summed E-state index contributed by atoms with van der Waals surface area (Å²) >= 11 is 1.56. The summed E-state index contributed by atoms with van der Waals surface area (Å²) in [5.74, 6) is 0.698. The molecule has 25 heavy (non-hydrogen) atoms. The molecule has 0 unspecified atom stereocenters. The average Bonchev–Trinajstić information content (AvgIpc) is 2.59. The number of nitrogens with zero attached hydrogens (tertiary/aromatic N) is 2. The van der Waals surface area contributed by atoms with Gasteiger partial charge >= 0.3 is 6.18 Å². The number of hydrogen-bond donors (Lipinski definition) is 0. The van der Waals surface area contributed by atoms with E-state index < -0.39 is 21.8 Å². The van der Waals surface area contributed by atoms with E-state index in [9.17, 15) is 26.4 Å². The van der Waals surface area contributed by atoms with Crippen molar-refractivity contribution in [3.05, 3.63) is 29.8 Å². The van der Waals surface area contributed by atoms with E-state index in [0.717, 1.165) is 24.3 Å². The van der Waals surface area contributed by atoms with Crippen LogP contribution in [0.4, 0.5) is 13.2 Å². The van der Waals surface area contributed by atoms with E-state index in [1.807, 2.05) is 6.26 Å². The van der Waals surface area contributed by atoms with Crippen molar-refractivity contribution in [2.75, 3.05) is 38.2 Å². The van der Waals surface area contributed by atoms with Gasteiger partial charge in [0.15, 0.2) is 0 Å². The minimum Gasteiger partial charge on any atom is -0.340 e. The lowest BCUT2D eigenvalue weighted by Crippen LogP contribution is -2.50. The molecule has 5 nitrogen and oxygen atoms in total. The van der Waals surface area contributed by atoms with Gasteiger partial charge in [0.1, 0.15) is 0 Å². The normalized spacial score (nSPS) is 16.9. The molecule has 1 aromatic carbocycles. The first kappa shape index (κ1) is 20.1. The highest BCUT2D eigenvalue weighted by molar-refractivity contribution is 7.98. The first-order chi connectivity index (χ1) is 11.7. The molecule has 0 N–H and O–H groups in total. The second kappa shape index (κ2) is 7.96. The van der Waals surface area contributed by atoms with Crippen LogP contribution in [-0.2, 0) is 21.0 Å². The van der Waals surface area contributed by atoms with E-state index in [4.69, 9.17) is 0 Å². The maximum absolute atomic E-state index is 12.6. The van der Waals surface area contributed by atoms with Crippen LogP contribution in [0.15, 0.2) is 29.2 Å². The van der Waals surface area contributed by atoms with E-state index in [-0.39, 0.29) is 37.0 Å². The molecule has 1 aliphatic rings. The number of alkyl halides is 3. The average molecular weight is 396 g/mol. The zero-order valence-electron chi connectivity index (χ0n) is 13.6. The van der Waals surface area contributed by atoms with Gasteiger partial charge in [-0.2, -0.15) is 29.2 Å². The molecule has 1 saturated heterocycles. The van der Waals surface area contributed by atoms with Gasteiger partial charge in [0.05, 0.1) is 10.5 Å². The lowest BCUT2D eigenvalue weighted by atomic mass is 10.2. The molecule has 0 atom stereocenters. The van der Waals surface area contributed by atoms with Crippen LogP contribution in [0.3, 0.4) is 0 Å².